The Morgan fingerprint density at radius 2 is 2.04 bits per heavy atom. The van der Waals surface area contributed by atoms with E-state index < -0.39 is 0 Å². The number of rotatable bonds is 4. The van der Waals surface area contributed by atoms with Crippen LogP contribution in [0.4, 0.5) is 0 Å². The van der Waals surface area contributed by atoms with Crippen molar-refractivity contribution in [3.05, 3.63) is 46.4 Å². The van der Waals surface area contributed by atoms with Crippen LogP contribution in [-0.4, -0.2) is 42.7 Å². The highest BCUT2D eigenvalue weighted by Crippen LogP contribution is 2.25. The molecule has 1 saturated heterocycles. The van der Waals surface area contributed by atoms with Crippen LogP contribution >= 0.6 is 0 Å². The Labute approximate surface area is 139 Å². The summed E-state index contributed by atoms with van der Waals surface area (Å²) in [7, 11) is 0. The highest BCUT2D eigenvalue weighted by Gasteiger charge is 2.24. The van der Waals surface area contributed by atoms with Gasteiger partial charge in [-0.25, -0.2) is 9.78 Å². The van der Waals surface area contributed by atoms with Crippen LogP contribution in [0.15, 0.2) is 29.1 Å². The number of benzene rings is 1. The lowest BCUT2D eigenvalue weighted by molar-refractivity contribution is 0.176. The summed E-state index contributed by atoms with van der Waals surface area (Å²) in [5.74, 6) is 1.79. The van der Waals surface area contributed by atoms with Crippen LogP contribution in [0.2, 0.25) is 0 Å². The number of nitrogens with one attached hydrogen (secondary N) is 2. The molecule has 126 valence electrons. The second kappa shape index (κ2) is 6.24. The quantitative estimate of drug-likeness (QED) is 0.766. The van der Waals surface area contributed by atoms with E-state index in [1.54, 1.807) is 0 Å². The largest absolute Gasteiger partial charge is 0.326 e. The van der Waals surface area contributed by atoms with Crippen molar-refractivity contribution in [3.63, 3.8) is 0 Å². The fraction of sp³-hybridized carbons (Fsp3) is 0.471. The molecule has 0 spiro atoms. The van der Waals surface area contributed by atoms with Gasteiger partial charge in [-0.3, -0.25) is 14.6 Å². The molecule has 7 heteroatoms. The first-order valence-corrected chi connectivity index (χ1v) is 8.56. The Bertz CT molecular complexity index is 884. The summed E-state index contributed by atoms with van der Waals surface area (Å²) in [6, 6.07) is 8.16. The minimum Gasteiger partial charge on any atom is -0.306 e. The normalized spacial score (nSPS) is 16.9. The van der Waals surface area contributed by atoms with Crippen molar-refractivity contribution in [2.75, 3.05) is 13.1 Å². The maximum absolute atomic E-state index is 12.3. The Morgan fingerprint density at radius 3 is 2.79 bits per heavy atom. The molecule has 0 saturated carbocycles. The number of aromatic nitrogens is 5. The molecule has 0 unspecified atom stereocenters. The molecule has 1 aliphatic heterocycles. The fourth-order valence-corrected chi connectivity index (χ4v) is 3.55. The highest BCUT2D eigenvalue weighted by molar-refractivity contribution is 5.75. The third-order valence-electron chi connectivity index (χ3n) is 4.81. The van der Waals surface area contributed by atoms with Crippen LogP contribution in [0.1, 0.15) is 37.5 Å². The van der Waals surface area contributed by atoms with Gasteiger partial charge >= 0.3 is 5.69 Å². The average Bonchev–Trinajstić information content (AvgIpc) is 3.19. The number of aromatic amines is 2. The Morgan fingerprint density at radius 1 is 1.25 bits per heavy atom. The van der Waals surface area contributed by atoms with Gasteiger partial charge in [-0.2, -0.15) is 5.10 Å². The number of fused-ring (bicyclic) bond motifs is 1. The molecule has 24 heavy (non-hydrogen) atoms. The number of imidazole rings is 1. The molecule has 2 aromatic heterocycles. The molecule has 0 aliphatic carbocycles. The number of hydrogen-bond donors (Lipinski definition) is 2. The van der Waals surface area contributed by atoms with E-state index in [4.69, 9.17) is 0 Å². The minimum atomic E-state index is -0.00234. The SMILES string of the molecule is CCc1n[nH]c(CN2CCC(n3c(=O)[nH]c4ccccc43)CC2)n1. The van der Waals surface area contributed by atoms with Gasteiger partial charge in [-0.05, 0) is 25.0 Å². The van der Waals surface area contributed by atoms with Crippen LogP contribution in [-0.2, 0) is 13.0 Å². The summed E-state index contributed by atoms with van der Waals surface area (Å²) in [4.78, 5) is 22.1. The number of likely N-dealkylation sites (tertiary alicyclic amines) is 1. The van der Waals surface area contributed by atoms with Gasteiger partial charge in [0.05, 0.1) is 17.6 Å². The monoisotopic (exact) mass is 326 g/mol. The second-order valence-corrected chi connectivity index (χ2v) is 6.38. The first-order chi connectivity index (χ1) is 11.7. The lowest BCUT2D eigenvalue weighted by Gasteiger charge is -2.31. The van der Waals surface area contributed by atoms with Gasteiger partial charge in [0, 0.05) is 25.6 Å². The maximum Gasteiger partial charge on any atom is 0.326 e. The summed E-state index contributed by atoms with van der Waals surface area (Å²) < 4.78 is 1.93. The zero-order chi connectivity index (χ0) is 16.5. The number of para-hydroxylation sites is 2. The highest BCUT2D eigenvalue weighted by atomic mass is 16.1. The smallest absolute Gasteiger partial charge is 0.306 e. The van der Waals surface area contributed by atoms with E-state index in [1.807, 2.05) is 28.8 Å². The lowest BCUT2D eigenvalue weighted by atomic mass is 10.0. The average molecular weight is 326 g/mol. The first kappa shape index (κ1) is 15.1. The summed E-state index contributed by atoms with van der Waals surface area (Å²) in [5.41, 5.74) is 1.92. The summed E-state index contributed by atoms with van der Waals surface area (Å²) in [6.07, 6.45) is 2.79. The van der Waals surface area contributed by atoms with E-state index in [-0.39, 0.29) is 11.7 Å². The van der Waals surface area contributed by atoms with Gasteiger partial charge in [0.15, 0.2) is 0 Å². The third kappa shape index (κ3) is 2.75. The molecule has 0 bridgehead atoms. The van der Waals surface area contributed by atoms with Crippen molar-refractivity contribution in [3.8, 4) is 0 Å². The van der Waals surface area contributed by atoms with E-state index in [0.29, 0.717) is 0 Å². The van der Waals surface area contributed by atoms with Crippen LogP contribution in [0.3, 0.4) is 0 Å². The molecule has 0 atom stereocenters. The fourth-order valence-electron chi connectivity index (χ4n) is 3.55. The van der Waals surface area contributed by atoms with Gasteiger partial charge in [-0.1, -0.05) is 19.1 Å². The van der Waals surface area contributed by atoms with Crippen LogP contribution in [0.25, 0.3) is 11.0 Å². The predicted octanol–water partition coefficient (Wildman–Crippen LogP) is 1.85. The molecule has 1 fully saturated rings. The van der Waals surface area contributed by atoms with Crippen LogP contribution in [0.5, 0.6) is 0 Å². The maximum atomic E-state index is 12.3. The van der Waals surface area contributed by atoms with Crippen molar-refractivity contribution in [1.29, 1.82) is 0 Å². The summed E-state index contributed by atoms with van der Waals surface area (Å²) in [6.45, 7) is 4.76. The van der Waals surface area contributed by atoms with Crippen LogP contribution < -0.4 is 5.69 Å². The van der Waals surface area contributed by atoms with Crippen molar-refractivity contribution in [2.24, 2.45) is 0 Å². The Hall–Kier alpha value is -2.41. The lowest BCUT2D eigenvalue weighted by Crippen LogP contribution is -2.36. The number of nitrogens with zero attached hydrogens (tertiary/aromatic N) is 4. The molecule has 1 aromatic carbocycles. The first-order valence-electron chi connectivity index (χ1n) is 8.56. The van der Waals surface area contributed by atoms with E-state index in [9.17, 15) is 4.79 Å². The van der Waals surface area contributed by atoms with Gasteiger partial charge in [0.2, 0.25) is 0 Å². The standard InChI is InChI=1S/C17H22N6O/c1-2-15-19-16(21-20-15)11-22-9-7-12(8-10-22)23-14-6-4-3-5-13(14)18-17(23)24/h3-6,12H,2,7-11H2,1H3,(H,18,24)(H,19,20,21). The molecule has 3 aromatic rings. The van der Waals surface area contributed by atoms with Gasteiger partial charge in [0.25, 0.3) is 0 Å². The topological polar surface area (TPSA) is 82.6 Å². The second-order valence-electron chi connectivity index (χ2n) is 6.38. The molecule has 4 rings (SSSR count). The Balaban J connectivity index is 1.45. The number of H-pyrrole nitrogens is 2. The van der Waals surface area contributed by atoms with E-state index in [0.717, 1.165) is 61.6 Å². The molecule has 7 nitrogen and oxygen atoms in total. The summed E-state index contributed by atoms with van der Waals surface area (Å²) >= 11 is 0. The zero-order valence-electron chi connectivity index (χ0n) is 13.8. The minimum absolute atomic E-state index is 0.00234. The van der Waals surface area contributed by atoms with Crippen LogP contribution in [0, 0.1) is 0 Å². The zero-order valence-corrected chi connectivity index (χ0v) is 13.8. The van der Waals surface area contributed by atoms with Crippen molar-refractivity contribution < 1.29 is 0 Å². The molecular weight excluding hydrogens is 304 g/mol. The molecule has 1 aliphatic rings. The van der Waals surface area contributed by atoms with Gasteiger partial charge in [-0.15, -0.1) is 0 Å². The van der Waals surface area contributed by atoms with E-state index in [1.165, 1.54) is 0 Å². The number of aryl methyl sites for hydroxylation is 1. The number of piperidine rings is 1. The molecule has 2 N–H and O–H groups in total. The van der Waals surface area contributed by atoms with Crippen molar-refractivity contribution in [1.82, 2.24) is 29.6 Å². The Kier molecular flexibility index (Phi) is 3.93. The van der Waals surface area contributed by atoms with Crippen molar-refractivity contribution in [2.45, 2.75) is 38.8 Å². The van der Waals surface area contributed by atoms with E-state index >= 15 is 0 Å². The molecule has 0 radical (unpaired) electrons. The summed E-state index contributed by atoms with van der Waals surface area (Å²) in [5, 5.41) is 7.20. The molecule has 0 amide bonds. The molecule has 3 heterocycles. The van der Waals surface area contributed by atoms with Gasteiger partial charge < -0.3 is 4.98 Å². The van der Waals surface area contributed by atoms with Crippen molar-refractivity contribution >= 4 is 11.0 Å². The third-order valence-corrected chi connectivity index (χ3v) is 4.81. The number of hydrogen-bond acceptors (Lipinski definition) is 4. The predicted molar refractivity (Wildman–Crippen MR) is 91.9 cm³/mol. The van der Waals surface area contributed by atoms with Gasteiger partial charge in [0.1, 0.15) is 11.6 Å². The molecular formula is C17H22N6O. The van der Waals surface area contributed by atoms with E-state index in [2.05, 4.69) is 32.0 Å².